The molecule has 6 heteroatoms. The molecule has 0 aromatic carbocycles. The summed E-state index contributed by atoms with van der Waals surface area (Å²) in [5, 5.41) is -0.489. The Morgan fingerprint density at radius 2 is 2.21 bits per heavy atom. The largest absolute Gasteiger partial charge is 0.325 e. The van der Waals surface area contributed by atoms with Gasteiger partial charge in [-0.25, -0.2) is 13.4 Å². The van der Waals surface area contributed by atoms with Gasteiger partial charge in [-0.1, -0.05) is 12.5 Å². The van der Waals surface area contributed by atoms with E-state index in [1.807, 2.05) is 22.6 Å². The van der Waals surface area contributed by atoms with Crippen molar-refractivity contribution in [3.8, 4) is 0 Å². The first-order chi connectivity index (χ1) is 9.13. The van der Waals surface area contributed by atoms with Crippen molar-refractivity contribution < 1.29 is 8.42 Å². The van der Waals surface area contributed by atoms with Crippen molar-refractivity contribution in [2.24, 2.45) is 5.73 Å². The van der Waals surface area contributed by atoms with E-state index < -0.39 is 15.1 Å². The van der Waals surface area contributed by atoms with Gasteiger partial charge in [0.1, 0.15) is 11.1 Å². The predicted octanol–water partition coefficient (Wildman–Crippen LogP) is 1.43. The fourth-order valence-electron chi connectivity index (χ4n) is 2.77. The SMILES string of the molecule is NCc1cccc2cnc(C3CCCCS3(=O)=O)n12. The van der Waals surface area contributed by atoms with Crippen LogP contribution in [0.4, 0.5) is 0 Å². The van der Waals surface area contributed by atoms with Crippen LogP contribution in [0, 0.1) is 0 Å². The molecule has 1 aliphatic rings. The van der Waals surface area contributed by atoms with E-state index >= 15 is 0 Å². The van der Waals surface area contributed by atoms with Gasteiger partial charge in [-0.15, -0.1) is 0 Å². The van der Waals surface area contributed by atoms with Crippen LogP contribution in [0.1, 0.15) is 36.0 Å². The number of aromatic nitrogens is 2. The monoisotopic (exact) mass is 279 g/mol. The quantitative estimate of drug-likeness (QED) is 0.902. The molecule has 3 rings (SSSR count). The topological polar surface area (TPSA) is 77.5 Å². The van der Waals surface area contributed by atoms with Crippen LogP contribution in [-0.2, 0) is 16.4 Å². The molecule has 0 aliphatic carbocycles. The lowest BCUT2D eigenvalue weighted by Crippen LogP contribution is -2.24. The summed E-state index contributed by atoms with van der Waals surface area (Å²) in [5.41, 5.74) is 7.54. The lowest BCUT2D eigenvalue weighted by molar-refractivity contribution is 0.537. The number of nitrogens with two attached hydrogens (primary N) is 1. The third kappa shape index (κ3) is 2.04. The van der Waals surface area contributed by atoms with Gasteiger partial charge in [-0.3, -0.25) is 4.40 Å². The van der Waals surface area contributed by atoms with Gasteiger partial charge in [0.25, 0.3) is 0 Å². The van der Waals surface area contributed by atoms with E-state index in [1.54, 1.807) is 6.20 Å². The van der Waals surface area contributed by atoms with Crippen LogP contribution in [0.15, 0.2) is 24.4 Å². The second-order valence-corrected chi connectivity index (χ2v) is 7.25. The molecule has 19 heavy (non-hydrogen) atoms. The first-order valence-corrected chi connectivity index (χ1v) is 8.22. The van der Waals surface area contributed by atoms with Crippen molar-refractivity contribution >= 4 is 15.4 Å². The Bertz CT molecular complexity index is 706. The number of hydrogen-bond acceptors (Lipinski definition) is 4. The number of rotatable bonds is 2. The van der Waals surface area contributed by atoms with Crippen molar-refractivity contribution in [2.75, 3.05) is 5.75 Å². The lowest BCUT2D eigenvalue weighted by Gasteiger charge is -2.22. The number of sulfone groups is 1. The Morgan fingerprint density at radius 1 is 1.37 bits per heavy atom. The highest BCUT2D eigenvalue weighted by Gasteiger charge is 2.33. The summed E-state index contributed by atoms with van der Waals surface area (Å²) < 4.78 is 26.4. The maximum atomic E-state index is 12.2. The van der Waals surface area contributed by atoms with Crippen molar-refractivity contribution in [2.45, 2.75) is 31.1 Å². The second kappa shape index (κ2) is 4.61. The molecule has 1 atom stereocenters. The van der Waals surface area contributed by atoms with E-state index in [0.717, 1.165) is 24.1 Å². The van der Waals surface area contributed by atoms with Crippen molar-refractivity contribution in [1.29, 1.82) is 0 Å². The molecule has 2 aromatic rings. The molecule has 102 valence electrons. The Hall–Kier alpha value is -1.40. The fraction of sp³-hybridized carbons (Fsp3) is 0.462. The van der Waals surface area contributed by atoms with Crippen molar-refractivity contribution in [3.63, 3.8) is 0 Å². The zero-order valence-electron chi connectivity index (χ0n) is 10.6. The summed E-state index contributed by atoms with van der Waals surface area (Å²) in [6, 6.07) is 5.75. The van der Waals surface area contributed by atoms with Crippen molar-refractivity contribution in [3.05, 3.63) is 35.9 Å². The molecule has 2 aromatic heterocycles. The number of imidazole rings is 1. The molecule has 0 saturated carbocycles. The summed E-state index contributed by atoms with van der Waals surface area (Å²) in [4.78, 5) is 4.35. The molecule has 1 fully saturated rings. The second-order valence-electron chi connectivity index (χ2n) is 4.95. The van der Waals surface area contributed by atoms with Crippen LogP contribution in [0.2, 0.25) is 0 Å². The Labute approximate surface area is 112 Å². The van der Waals surface area contributed by atoms with E-state index in [4.69, 9.17) is 5.73 Å². The van der Waals surface area contributed by atoms with E-state index in [9.17, 15) is 8.42 Å². The molecule has 5 nitrogen and oxygen atoms in total. The summed E-state index contributed by atoms with van der Waals surface area (Å²) in [7, 11) is -3.09. The maximum absolute atomic E-state index is 12.2. The van der Waals surface area contributed by atoms with E-state index in [2.05, 4.69) is 4.98 Å². The summed E-state index contributed by atoms with van der Waals surface area (Å²) in [6.45, 7) is 0.369. The first kappa shape index (κ1) is 12.6. The van der Waals surface area contributed by atoms with Gasteiger partial charge < -0.3 is 5.73 Å². The highest BCUT2D eigenvalue weighted by atomic mass is 32.2. The molecule has 3 heterocycles. The zero-order valence-corrected chi connectivity index (χ0v) is 11.4. The molecular formula is C13H17N3O2S. The van der Waals surface area contributed by atoms with Crippen LogP contribution >= 0.6 is 0 Å². The number of nitrogens with zero attached hydrogens (tertiary/aromatic N) is 2. The molecule has 0 bridgehead atoms. The minimum absolute atomic E-state index is 0.261. The predicted molar refractivity (Wildman–Crippen MR) is 73.5 cm³/mol. The van der Waals surface area contributed by atoms with Gasteiger partial charge >= 0.3 is 0 Å². The van der Waals surface area contributed by atoms with Gasteiger partial charge in [0.05, 0.1) is 17.5 Å². The number of hydrogen-bond donors (Lipinski definition) is 1. The van der Waals surface area contributed by atoms with Gasteiger partial charge in [0.15, 0.2) is 9.84 Å². The third-order valence-electron chi connectivity index (χ3n) is 3.73. The Kier molecular flexibility index (Phi) is 3.06. The highest BCUT2D eigenvalue weighted by Crippen LogP contribution is 2.33. The van der Waals surface area contributed by atoms with Crippen LogP contribution in [0.25, 0.3) is 5.52 Å². The molecule has 1 unspecified atom stereocenters. The van der Waals surface area contributed by atoms with E-state index in [1.165, 1.54) is 0 Å². The van der Waals surface area contributed by atoms with E-state index in [0.29, 0.717) is 18.8 Å². The Balaban J connectivity index is 2.20. The van der Waals surface area contributed by atoms with Gasteiger partial charge in [0, 0.05) is 12.2 Å². The normalized spacial score (nSPS) is 22.7. The fourth-order valence-corrected chi connectivity index (χ4v) is 4.68. The highest BCUT2D eigenvalue weighted by molar-refractivity contribution is 7.91. The van der Waals surface area contributed by atoms with Crippen LogP contribution < -0.4 is 5.73 Å². The zero-order chi connectivity index (χ0) is 13.5. The molecule has 0 spiro atoms. The standard InChI is InChI=1S/C13H17N3O2S/c14-8-10-4-3-5-11-9-15-13(16(10)11)12-6-1-2-7-19(12,17)18/h3-5,9,12H,1-2,6-8,14H2. The minimum Gasteiger partial charge on any atom is -0.325 e. The van der Waals surface area contributed by atoms with Crippen LogP contribution in [0.5, 0.6) is 0 Å². The number of pyridine rings is 1. The summed E-state index contributed by atoms with van der Waals surface area (Å²) in [5.74, 6) is 0.882. The first-order valence-electron chi connectivity index (χ1n) is 6.50. The van der Waals surface area contributed by atoms with Crippen LogP contribution in [-0.4, -0.2) is 23.6 Å². The minimum atomic E-state index is -3.09. The van der Waals surface area contributed by atoms with Crippen LogP contribution in [0.3, 0.4) is 0 Å². The van der Waals surface area contributed by atoms with E-state index in [-0.39, 0.29) is 5.75 Å². The summed E-state index contributed by atoms with van der Waals surface area (Å²) >= 11 is 0. The third-order valence-corrected chi connectivity index (χ3v) is 5.91. The van der Waals surface area contributed by atoms with Gasteiger partial charge in [0.2, 0.25) is 0 Å². The number of fused-ring (bicyclic) bond motifs is 1. The summed E-state index contributed by atoms with van der Waals surface area (Å²) in [6.07, 6.45) is 4.06. The van der Waals surface area contributed by atoms with Gasteiger partial charge in [-0.2, -0.15) is 0 Å². The molecule has 0 amide bonds. The lowest BCUT2D eigenvalue weighted by atomic mass is 10.2. The average Bonchev–Trinajstić information content (AvgIpc) is 2.82. The molecule has 0 radical (unpaired) electrons. The molecule has 2 N–H and O–H groups in total. The Morgan fingerprint density at radius 3 is 2.95 bits per heavy atom. The van der Waals surface area contributed by atoms with Crippen molar-refractivity contribution in [1.82, 2.24) is 9.38 Å². The average molecular weight is 279 g/mol. The van der Waals surface area contributed by atoms with Gasteiger partial charge in [-0.05, 0) is 25.0 Å². The smallest absolute Gasteiger partial charge is 0.160 e. The maximum Gasteiger partial charge on any atom is 0.160 e. The molecule has 1 aliphatic heterocycles. The molecular weight excluding hydrogens is 262 g/mol. The molecule has 1 saturated heterocycles.